The van der Waals surface area contributed by atoms with Crippen LogP contribution in [0.25, 0.3) is 11.3 Å². The first-order valence-corrected chi connectivity index (χ1v) is 12.2. The molecule has 3 aromatic rings. The topological polar surface area (TPSA) is 85.1 Å². The number of fused-ring (bicyclic) bond motifs is 1. The monoisotopic (exact) mass is 478 g/mol. The van der Waals surface area contributed by atoms with Crippen LogP contribution in [0.3, 0.4) is 0 Å². The summed E-state index contributed by atoms with van der Waals surface area (Å²) in [4.78, 5) is 9.24. The van der Waals surface area contributed by atoms with Crippen LogP contribution in [0.4, 0.5) is 5.69 Å². The van der Waals surface area contributed by atoms with Gasteiger partial charge in [-0.15, -0.1) is 0 Å². The van der Waals surface area contributed by atoms with Crippen molar-refractivity contribution in [1.29, 1.82) is 0 Å². The van der Waals surface area contributed by atoms with Gasteiger partial charge in [0.25, 0.3) is 0 Å². The highest BCUT2D eigenvalue weighted by Crippen LogP contribution is 2.32. The number of ether oxygens (including phenoxy) is 1. The SMILES string of the molecule is CCC1C=C(c2ccc(NS(C)(=O)=O)cc2Cl)N=C(c2cn3cc(C)cc(Cl)c3n2)O1. The second-order valence-electron chi connectivity index (χ2n) is 7.32. The van der Waals surface area contributed by atoms with Gasteiger partial charge >= 0.3 is 0 Å². The van der Waals surface area contributed by atoms with Gasteiger partial charge in [0.15, 0.2) is 5.65 Å². The smallest absolute Gasteiger partial charge is 0.242 e. The number of sulfonamides is 1. The molecular weight excluding hydrogens is 459 g/mol. The molecule has 0 spiro atoms. The zero-order valence-corrected chi connectivity index (χ0v) is 19.4. The Morgan fingerprint density at radius 3 is 2.65 bits per heavy atom. The summed E-state index contributed by atoms with van der Waals surface area (Å²) in [5.41, 5.74) is 3.86. The molecule has 1 aromatic carbocycles. The van der Waals surface area contributed by atoms with E-state index in [9.17, 15) is 8.42 Å². The normalized spacial score (nSPS) is 16.6. The standard InChI is InChI=1S/C21H20Cl2N4O3S/c1-4-14-9-18(15-6-5-13(8-16(15)22)26-31(3,28)29)25-21(30-14)19-11-27-10-12(2)7-17(23)20(27)24-19/h5-11,14,26H,4H2,1-3H3. The van der Waals surface area contributed by atoms with E-state index in [2.05, 4.69) is 14.7 Å². The van der Waals surface area contributed by atoms with Crippen molar-refractivity contribution in [3.63, 3.8) is 0 Å². The molecule has 10 heteroatoms. The van der Waals surface area contributed by atoms with Crippen LogP contribution in [-0.4, -0.2) is 36.1 Å². The van der Waals surface area contributed by atoms with Crippen molar-refractivity contribution in [2.45, 2.75) is 26.4 Å². The number of aromatic nitrogens is 2. The summed E-state index contributed by atoms with van der Waals surface area (Å²) in [5.74, 6) is 0.371. The van der Waals surface area contributed by atoms with Crippen molar-refractivity contribution in [3.05, 3.63) is 69.6 Å². The highest BCUT2D eigenvalue weighted by atomic mass is 35.5. The number of nitrogens with zero attached hydrogens (tertiary/aromatic N) is 3. The van der Waals surface area contributed by atoms with E-state index in [4.69, 9.17) is 27.9 Å². The maximum Gasteiger partial charge on any atom is 0.242 e. The number of anilines is 1. The lowest BCUT2D eigenvalue weighted by Gasteiger charge is -2.21. The molecule has 0 saturated heterocycles. The van der Waals surface area contributed by atoms with E-state index >= 15 is 0 Å². The van der Waals surface area contributed by atoms with Gasteiger partial charge < -0.3 is 9.14 Å². The number of hydrogen-bond acceptors (Lipinski definition) is 5. The fourth-order valence-electron chi connectivity index (χ4n) is 3.29. The Morgan fingerprint density at radius 1 is 1.19 bits per heavy atom. The van der Waals surface area contributed by atoms with Gasteiger partial charge in [0.05, 0.1) is 22.0 Å². The molecule has 1 N–H and O–H groups in total. The predicted molar refractivity (Wildman–Crippen MR) is 125 cm³/mol. The maximum atomic E-state index is 11.5. The summed E-state index contributed by atoms with van der Waals surface area (Å²) in [6.07, 6.45) is 7.24. The molecule has 2 aromatic heterocycles. The molecule has 1 atom stereocenters. The molecule has 3 heterocycles. The molecule has 7 nitrogen and oxygen atoms in total. The Labute approximate surface area is 190 Å². The van der Waals surface area contributed by atoms with Crippen LogP contribution >= 0.6 is 23.2 Å². The highest BCUT2D eigenvalue weighted by Gasteiger charge is 2.23. The molecule has 0 aliphatic carbocycles. The summed E-state index contributed by atoms with van der Waals surface area (Å²) >= 11 is 12.8. The second kappa shape index (κ2) is 8.18. The first kappa shape index (κ1) is 21.7. The number of aryl methyl sites for hydroxylation is 1. The Balaban J connectivity index is 1.75. The average molecular weight is 479 g/mol. The van der Waals surface area contributed by atoms with Gasteiger partial charge in [-0.05, 0) is 49.2 Å². The molecule has 0 fully saturated rings. The van der Waals surface area contributed by atoms with Crippen molar-refractivity contribution < 1.29 is 13.2 Å². The fourth-order valence-corrected chi connectivity index (χ4v) is 4.43. The van der Waals surface area contributed by atoms with Crippen LogP contribution < -0.4 is 4.72 Å². The molecule has 31 heavy (non-hydrogen) atoms. The number of imidazole rings is 1. The highest BCUT2D eigenvalue weighted by molar-refractivity contribution is 7.92. The Morgan fingerprint density at radius 2 is 1.97 bits per heavy atom. The number of pyridine rings is 1. The molecule has 4 rings (SSSR count). The molecule has 1 unspecified atom stereocenters. The van der Waals surface area contributed by atoms with Gasteiger partial charge in [0, 0.05) is 23.6 Å². The van der Waals surface area contributed by atoms with Crippen LogP contribution in [0.5, 0.6) is 0 Å². The third-order valence-electron chi connectivity index (χ3n) is 4.64. The number of benzene rings is 1. The summed E-state index contributed by atoms with van der Waals surface area (Å²) in [5, 5.41) is 0.913. The van der Waals surface area contributed by atoms with Gasteiger partial charge in [-0.1, -0.05) is 30.1 Å². The molecule has 0 amide bonds. The number of nitrogens with one attached hydrogen (secondary N) is 1. The third-order valence-corrected chi connectivity index (χ3v) is 5.84. The molecule has 0 radical (unpaired) electrons. The van der Waals surface area contributed by atoms with E-state index in [0.29, 0.717) is 44.2 Å². The van der Waals surface area contributed by atoms with Crippen LogP contribution in [0.2, 0.25) is 10.0 Å². The molecular formula is C21H20Cl2N4O3S. The van der Waals surface area contributed by atoms with Gasteiger partial charge in [0.2, 0.25) is 15.9 Å². The number of aliphatic imine (C=N–C) groups is 1. The largest absolute Gasteiger partial charge is 0.468 e. The van der Waals surface area contributed by atoms with Gasteiger partial charge in [-0.2, -0.15) is 0 Å². The summed E-state index contributed by atoms with van der Waals surface area (Å²) in [6, 6.07) is 6.77. The lowest BCUT2D eigenvalue weighted by molar-refractivity contribution is 0.228. The van der Waals surface area contributed by atoms with E-state index in [1.807, 2.05) is 42.8 Å². The van der Waals surface area contributed by atoms with Crippen LogP contribution in [0, 0.1) is 6.92 Å². The van der Waals surface area contributed by atoms with Crippen LogP contribution in [-0.2, 0) is 14.8 Å². The summed E-state index contributed by atoms with van der Waals surface area (Å²) in [6.45, 7) is 3.96. The van der Waals surface area contributed by atoms with E-state index in [1.165, 1.54) is 0 Å². The minimum absolute atomic E-state index is 0.214. The zero-order valence-electron chi connectivity index (χ0n) is 17.1. The first-order valence-electron chi connectivity index (χ1n) is 9.53. The van der Waals surface area contributed by atoms with Crippen LogP contribution in [0.1, 0.15) is 30.2 Å². The van der Waals surface area contributed by atoms with Gasteiger partial charge in [-0.3, -0.25) is 4.72 Å². The Hall–Kier alpha value is -2.55. The van der Waals surface area contributed by atoms with Crippen molar-refractivity contribution >= 4 is 56.2 Å². The zero-order chi connectivity index (χ0) is 22.3. The number of rotatable bonds is 5. The van der Waals surface area contributed by atoms with E-state index in [0.717, 1.165) is 18.2 Å². The summed E-state index contributed by atoms with van der Waals surface area (Å²) < 4.78 is 33.2. The molecule has 1 aliphatic heterocycles. The number of hydrogen-bond donors (Lipinski definition) is 1. The fraction of sp³-hybridized carbons (Fsp3) is 0.238. The van der Waals surface area contributed by atoms with Crippen molar-refractivity contribution in [3.8, 4) is 0 Å². The first-order chi connectivity index (χ1) is 14.6. The van der Waals surface area contributed by atoms with Gasteiger partial charge in [-0.25, -0.2) is 18.4 Å². The lowest BCUT2D eigenvalue weighted by Crippen LogP contribution is -2.21. The third kappa shape index (κ3) is 4.71. The minimum Gasteiger partial charge on any atom is -0.468 e. The Bertz CT molecular complexity index is 1350. The summed E-state index contributed by atoms with van der Waals surface area (Å²) in [7, 11) is -3.40. The van der Waals surface area contributed by atoms with E-state index < -0.39 is 10.0 Å². The molecule has 1 aliphatic rings. The number of halogens is 2. The van der Waals surface area contributed by atoms with Gasteiger partial charge in [0.1, 0.15) is 11.8 Å². The molecule has 0 bridgehead atoms. The van der Waals surface area contributed by atoms with Crippen molar-refractivity contribution in [2.24, 2.45) is 4.99 Å². The molecule has 162 valence electrons. The maximum absolute atomic E-state index is 11.5. The van der Waals surface area contributed by atoms with Crippen LogP contribution in [0.15, 0.2) is 47.7 Å². The predicted octanol–water partition coefficient (Wildman–Crippen LogP) is 4.92. The average Bonchev–Trinajstić information content (AvgIpc) is 3.11. The Kier molecular flexibility index (Phi) is 5.72. The lowest BCUT2D eigenvalue weighted by atomic mass is 10.1. The minimum atomic E-state index is -3.40. The quantitative estimate of drug-likeness (QED) is 0.563. The van der Waals surface area contributed by atoms with E-state index in [-0.39, 0.29) is 6.10 Å². The van der Waals surface area contributed by atoms with Crippen molar-refractivity contribution in [1.82, 2.24) is 9.38 Å². The van der Waals surface area contributed by atoms with E-state index in [1.54, 1.807) is 18.2 Å². The van der Waals surface area contributed by atoms with Crippen molar-refractivity contribution in [2.75, 3.05) is 11.0 Å². The molecule has 0 saturated carbocycles. The second-order valence-corrected chi connectivity index (χ2v) is 9.89.